The van der Waals surface area contributed by atoms with Gasteiger partial charge in [0.2, 0.25) is 0 Å². The SMILES string of the molecule is Cc1cccc(-c2nc(-c3ccc(-c4cccc5ccccc45)c4ccccc34)nc(-c3cccc4oc5ccccc5c34)n2)c1. The van der Waals surface area contributed by atoms with Crippen molar-refractivity contribution >= 4 is 43.5 Å². The highest BCUT2D eigenvalue weighted by Gasteiger charge is 2.19. The molecule has 0 amide bonds. The fourth-order valence-electron chi connectivity index (χ4n) is 6.68. The Kier molecular flexibility index (Phi) is 6.00. The lowest BCUT2D eigenvalue weighted by atomic mass is 9.92. The monoisotopic (exact) mass is 589 g/mol. The number of rotatable bonds is 4. The van der Waals surface area contributed by atoms with E-state index in [2.05, 4.69) is 116 Å². The molecule has 0 aliphatic heterocycles. The quantitative estimate of drug-likeness (QED) is 0.205. The summed E-state index contributed by atoms with van der Waals surface area (Å²) in [5.41, 5.74) is 8.00. The van der Waals surface area contributed by atoms with Crippen LogP contribution in [0.5, 0.6) is 0 Å². The summed E-state index contributed by atoms with van der Waals surface area (Å²) < 4.78 is 6.23. The molecule has 0 radical (unpaired) electrons. The first kappa shape index (κ1) is 26.3. The van der Waals surface area contributed by atoms with Gasteiger partial charge in [0.1, 0.15) is 11.2 Å². The summed E-state index contributed by atoms with van der Waals surface area (Å²) in [5.74, 6) is 1.88. The average molecular weight is 590 g/mol. The van der Waals surface area contributed by atoms with Crippen molar-refractivity contribution in [3.8, 4) is 45.3 Å². The second-order valence-corrected chi connectivity index (χ2v) is 11.7. The molecular weight excluding hydrogens is 562 g/mol. The first-order chi connectivity index (χ1) is 22.7. The van der Waals surface area contributed by atoms with Gasteiger partial charge in [0, 0.05) is 27.5 Å². The van der Waals surface area contributed by atoms with E-state index < -0.39 is 0 Å². The molecule has 0 saturated carbocycles. The minimum Gasteiger partial charge on any atom is -0.456 e. The Balaban J connectivity index is 1.31. The Morgan fingerprint density at radius 3 is 1.83 bits per heavy atom. The molecule has 0 atom stereocenters. The number of fused-ring (bicyclic) bond motifs is 5. The van der Waals surface area contributed by atoms with Gasteiger partial charge in [-0.05, 0) is 63.9 Å². The Labute approximate surface area is 265 Å². The van der Waals surface area contributed by atoms with Crippen LogP contribution in [0.15, 0.2) is 150 Å². The Morgan fingerprint density at radius 2 is 0.978 bits per heavy atom. The molecule has 0 saturated heterocycles. The van der Waals surface area contributed by atoms with E-state index >= 15 is 0 Å². The average Bonchev–Trinajstić information content (AvgIpc) is 3.50. The number of aryl methyl sites for hydroxylation is 1. The van der Waals surface area contributed by atoms with Crippen molar-refractivity contribution in [2.75, 3.05) is 0 Å². The van der Waals surface area contributed by atoms with Crippen LogP contribution < -0.4 is 0 Å². The number of hydrogen-bond acceptors (Lipinski definition) is 4. The third kappa shape index (κ3) is 4.26. The van der Waals surface area contributed by atoms with Crippen molar-refractivity contribution in [1.82, 2.24) is 15.0 Å². The molecule has 0 N–H and O–H groups in total. The van der Waals surface area contributed by atoms with E-state index in [9.17, 15) is 0 Å². The highest BCUT2D eigenvalue weighted by molar-refractivity contribution is 6.12. The molecule has 0 aliphatic carbocycles. The summed E-state index contributed by atoms with van der Waals surface area (Å²) in [5, 5.41) is 6.73. The minimum absolute atomic E-state index is 0.612. The molecule has 2 aromatic heterocycles. The van der Waals surface area contributed by atoms with Crippen LogP contribution in [0.2, 0.25) is 0 Å². The van der Waals surface area contributed by atoms with Gasteiger partial charge in [0.25, 0.3) is 0 Å². The summed E-state index contributed by atoms with van der Waals surface area (Å²) in [4.78, 5) is 15.4. The van der Waals surface area contributed by atoms with Crippen LogP contribution in [0.3, 0.4) is 0 Å². The van der Waals surface area contributed by atoms with Crippen molar-refractivity contribution in [3.05, 3.63) is 151 Å². The molecule has 2 heterocycles. The highest BCUT2D eigenvalue weighted by atomic mass is 16.3. The third-order valence-corrected chi connectivity index (χ3v) is 8.80. The Hall–Kier alpha value is -6.13. The Morgan fingerprint density at radius 1 is 0.413 bits per heavy atom. The summed E-state index contributed by atoms with van der Waals surface area (Å²) in [6.07, 6.45) is 0. The topological polar surface area (TPSA) is 51.8 Å². The molecule has 7 aromatic carbocycles. The van der Waals surface area contributed by atoms with Crippen LogP contribution in [0.1, 0.15) is 5.56 Å². The van der Waals surface area contributed by atoms with E-state index in [1.807, 2.05) is 36.4 Å². The van der Waals surface area contributed by atoms with Crippen molar-refractivity contribution in [1.29, 1.82) is 0 Å². The number of furan rings is 1. The van der Waals surface area contributed by atoms with Gasteiger partial charge in [-0.2, -0.15) is 0 Å². The van der Waals surface area contributed by atoms with E-state index in [-0.39, 0.29) is 0 Å². The van der Waals surface area contributed by atoms with Crippen LogP contribution in [-0.4, -0.2) is 15.0 Å². The summed E-state index contributed by atoms with van der Waals surface area (Å²) in [6, 6.07) is 50.5. The molecule has 0 aliphatic rings. The van der Waals surface area contributed by atoms with Crippen molar-refractivity contribution in [3.63, 3.8) is 0 Å². The zero-order valence-corrected chi connectivity index (χ0v) is 25.1. The molecule has 4 heteroatoms. The van der Waals surface area contributed by atoms with Crippen LogP contribution in [-0.2, 0) is 0 Å². The summed E-state index contributed by atoms with van der Waals surface area (Å²) in [7, 11) is 0. The lowest BCUT2D eigenvalue weighted by molar-refractivity contribution is 0.669. The molecule has 0 unspecified atom stereocenters. The molecule has 9 rings (SSSR count). The van der Waals surface area contributed by atoms with Gasteiger partial charge in [0.05, 0.1) is 0 Å². The zero-order valence-electron chi connectivity index (χ0n) is 25.1. The molecule has 0 spiro atoms. The van der Waals surface area contributed by atoms with Gasteiger partial charge in [-0.3, -0.25) is 0 Å². The maximum absolute atomic E-state index is 6.23. The van der Waals surface area contributed by atoms with E-state index in [4.69, 9.17) is 19.4 Å². The van der Waals surface area contributed by atoms with Crippen molar-refractivity contribution in [2.45, 2.75) is 6.92 Å². The number of benzene rings is 7. The smallest absolute Gasteiger partial charge is 0.164 e. The molecule has 216 valence electrons. The first-order valence-corrected chi connectivity index (χ1v) is 15.5. The highest BCUT2D eigenvalue weighted by Crippen LogP contribution is 2.40. The van der Waals surface area contributed by atoms with E-state index in [1.54, 1.807) is 0 Å². The van der Waals surface area contributed by atoms with Crippen LogP contribution >= 0.6 is 0 Å². The van der Waals surface area contributed by atoms with Crippen LogP contribution in [0.4, 0.5) is 0 Å². The predicted molar refractivity (Wildman–Crippen MR) is 189 cm³/mol. The van der Waals surface area contributed by atoms with Gasteiger partial charge in [-0.25, -0.2) is 15.0 Å². The molecule has 4 nitrogen and oxygen atoms in total. The predicted octanol–water partition coefficient (Wildman–Crippen LogP) is 11.1. The van der Waals surface area contributed by atoms with Crippen molar-refractivity contribution < 1.29 is 4.42 Å². The molecule has 46 heavy (non-hydrogen) atoms. The van der Waals surface area contributed by atoms with E-state index in [0.29, 0.717) is 17.5 Å². The summed E-state index contributed by atoms with van der Waals surface area (Å²) in [6.45, 7) is 2.09. The first-order valence-electron chi connectivity index (χ1n) is 15.5. The standard InChI is InChI=1S/C42H27N3O/c1-26-11-8-14-28(25-26)40-43-41(45-42(44-40)36-20-10-22-38-39(36)35-18-6-7-21-37(35)46-38)34-24-23-33(31-16-4-5-17-32(31)34)30-19-9-13-27-12-2-3-15-29(27)30/h2-25H,1H3. The molecular formula is C42H27N3O. The van der Waals surface area contributed by atoms with Crippen LogP contribution in [0.25, 0.3) is 88.8 Å². The lowest BCUT2D eigenvalue weighted by Crippen LogP contribution is -2.01. The number of aromatic nitrogens is 3. The van der Waals surface area contributed by atoms with Gasteiger partial charge < -0.3 is 4.42 Å². The van der Waals surface area contributed by atoms with Gasteiger partial charge in [-0.15, -0.1) is 0 Å². The molecule has 0 fully saturated rings. The molecule has 9 aromatic rings. The fraction of sp³-hybridized carbons (Fsp3) is 0.0238. The third-order valence-electron chi connectivity index (χ3n) is 8.80. The van der Waals surface area contributed by atoms with E-state index in [1.165, 1.54) is 21.9 Å². The number of hydrogen-bond donors (Lipinski definition) is 0. The second kappa shape index (κ2) is 10.5. The number of nitrogens with zero attached hydrogens (tertiary/aromatic N) is 3. The lowest BCUT2D eigenvalue weighted by Gasteiger charge is -2.14. The van der Waals surface area contributed by atoms with Gasteiger partial charge >= 0.3 is 0 Å². The normalized spacial score (nSPS) is 11.6. The zero-order chi connectivity index (χ0) is 30.6. The number of para-hydroxylation sites is 1. The maximum Gasteiger partial charge on any atom is 0.164 e. The molecule has 0 bridgehead atoms. The minimum atomic E-state index is 0.612. The second-order valence-electron chi connectivity index (χ2n) is 11.7. The fourth-order valence-corrected chi connectivity index (χ4v) is 6.68. The van der Waals surface area contributed by atoms with E-state index in [0.717, 1.165) is 55.0 Å². The summed E-state index contributed by atoms with van der Waals surface area (Å²) >= 11 is 0. The van der Waals surface area contributed by atoms with Gasteiger partial charge in [-0.1, -0.05) is 127 Å². The Bertz CT molecular complexity index is 2610. The van der Waals surface area contributed by atoms with Crippen molar-refractivity contribution in [2.24, 2.45) is 0 Å². The van der Waals surface area contributed by atoms with Gasteiger partial charge in [0.15, 0.2) is 17.5 Å². The maximum atomic E-state index is 6.23. The van der Waals surface area contributed by atoms with Crippen LogP contribution in [0, 0.1) is 6.92 Å². The largest absolute Gasteiger partial charge is 0.456 e.